The maximum atomic E-state index is 12.7. The number of nitrogens with one attached hydrogen (secondary N) is 1. The number of hydrogen-bond donors (Lipinski definition) is 1. The van der Waals surface area contributed by atoms with E-state index in [1.54, 1.807) is 19.4 Å². The lowest BCUT2D eigenvalue weighted by atomic mass is 10.1. The Kier molecular flexibility index (Phi) is 4.46. The first-order valence-corrected chi connectivity index (χ1v) is 7.76. The number of hydrogen-bond acceptors (Lipinski definition) is 4. The number of pyridine rings is 1. The van der Waals surface area contributed by atoms with Gasteiger partial charge in [-0.3, -0.25) is 19.5 Å². The molecular formula is C18H19N3O3. The van der Waals surface area contributed by atoms with Gasteiger partial charge in [0, 0.05) is 25.4 Å². The summed E-state index contributed by atoms with van der Waals surface area (Å²) in [4.78, 5) is 30.4. The summed E-state index contributed by atoms with van der Waals surface area (Å²) in [6.07, 6.45) is 3.76. The zero-order valence-corrected chi connectivity index (χ0v) is 13.7. The molecule has 0 saturated carbocycles. The number of ether oxygens (including phenoxy) is 1. The Labute approximate surface area is 140 Å². The van der Waals surface area contributed by atoms with Crippen molar-refractivity contribution in [2.24, 2.45) is 0 Å². The van der Waals surface area contributed by atoms with Crippen molar-refractivity contribution in [1.82, 2.24) is 10.3 Å². The van der Waals surface area contributed by atoms with Crippen LogP contribution >= 0.6 is 0 Å². The van der Waals surface area contributed by atoms with Crippen LogP contribution in [0.1, 0.15) is 11.1 Å². The van der Waals surface area contributed by atoms with Gasteiger partial charge in [0.05, 0.1) is 6.20 Å². The van der Waals surface area contributed by atoms with Gasteiger partial charge in [0.1, 0.15) is 11.8 Å². The smallest absolute Gasteiger partial charge is 0.265 e. The van der Waals surface area contributed by atoms with Gasteiger partial charge in [-0.25, -0.2) is 0 Å². The highest BCUT2D eigenvalue weighted by atomic mass is 16.5. The highest BCUT2D eigenvalue weighted by Gasteiger charge is 2.37. The van der Waals surface area contributed by atoms with Crippen LogP contribution in [-0.2, 0) is 16.0 Å². The highest BCUT2D eigenvalue weighted by Crippen LogP contribution is 2.32. The number of rotatable bonds is 4. The molecule has 0 bridgehead atoms. The van der Waals surface area contributed by atoms with Crippen molar-refractivity contribution in [2.75, 3.05) is 18.6 Å². The summed E-state index contributed by atoms with van der Waals surface area (Å²) < 4.78 is 5.60. The maximum absolute atomic E-state index is 12.7. The minimum Gasteiger partial charge on any atom is -0.482 e. The molecule has 2 aromatic rings. The molecule has 24 heavy (non-hydrogen) atoms. The zero-order valence-electron chi connectivity index (χ0n) is 13.7. The number of benzene rings is 1. The number of fused-ring (bicyclic) bond motifs is 1. The molecule has 6 heteroatoms. The number of amides is 2. The maximum Gasteiger partial charge on any atom is 0.265 e. The number of carbonyl (C=O) groups excluding carboxylic acids is 2. The Morgan fingerprint density at radius 2 is 2.12 bits per heavy atom. The monoisotopic (exact) mass is 325 g/mol. The first-order valence-electron chi connectivity index (χ1n) is 7.76. The average molecular weight is 325 g/mol. The minimum absolute atomic E-state index is 0.144. The Hall–Kier alpha value is -2.89. The van der Waals surface area contributed by atoms with E-state index < -0.39 is 6.04 Å². The molecule has 1 aromatic carbocycles. The first kappa shape index (κ1) is 16.0. The van der Waals surface area contributed by atoms with Gasteiger partial charge >= 0.3 is 0 Å². The molecule has 2 heterocycles. The lowest BCUT2D eigenvalue weighted by molar-refractivity contribution is -0.126. The van der Waals surface area contributed by atoms with Gasteiger partial charge in [-0.2, -0.15) is 0 Å². The lowest BCUT2D eigenvalue weighted by Crippen LogP contribution is -2.48. The van der Waals surface area contributed by atoms with Crippen molar-refractivity contribution in [2.45, 2.75) is 19.4 Å². The summed E-state index contributed by atoms with van der Waals surface area (Å²) in [7, 11) is 1.57. The van der Waals surface area contributed by atoms with Crippen LogP contribution in [0.3, 0.4) is 0 Å². The zero-order chi connectivity index (χ0) is 17.1. The van der Waals surface area contributed by atoms with Gasteiger partial charge < -0.3 is 10.1 Å². The van der Waals surface area contributed by atoms with Crippen molar-refractivity contribution in [1.29, 1.82) is 0 Å². The number of nitrogens with zero attached hydrogens (tertiary/aromatic N) is 2. The van der Waals surface area contributed by atoms with Crippen LogP contribution in [0, 0.1) is 6.92 Å². The third-order valence-electron chi connectivity index (χ3n) is 4.14. The molecule has 1 N–H and O–H groups in total. The van der Waals surface area contributed by atoms with Gasteiger partial charge in [-0.05, 0) is 30.2 Å². The number of para-hydroxylation sites is 1. The van der Waals surface area contributed by atoms with Gasteiger partial charge in [0.15, 0.2) is 6.61 Å². The fraction of sp³-hybridized carbons (Fsp3) is 0.278. The predicted molar refractivity (Wildman–Crippen MR) is 90.0 cm³/mol. The molecule has 0 saturated heterocycles. The normalized spacial score (nSPS) is 15.8. The van der Waals surface area contributed by atoms with E-state index in [1.165, 1.54) is 4.90 Å². The molecule has 0 radical (unpaired) electrons. The average Bonchev–Trinajstić information content (AvgIpc) is 2.99. The molecule has 1 aliphatic rings. The molecule has 1 atom stereocenters. The fourth-order valence-corrected chi connectivity index (χ4v) is 2.88. The van der Waals surface area contributed by atoms with Crippen LogP contribution in [-0.4, -0.2) is 36.5 Å². The molecule has 0 unspecified atom stereocenters. The van der Waals surface area contributed by atoms with E-state index in [0.717, 1.165) is 16.8 Å². The lowest BCUT2D eigenvalue weighted by Gasteiger charge is -2.24. The molecule has 6 nitrogen and oxygen atoms in total. The molecule has 0 fully saturated rings. The van der Waals surface area contributed by atoms with Crippen LogP contribution in [0.4, 0.5) is 5.69 Å². The van der Waals surface area contributed by atoms with Crippen LogP contribution in [0.5, 0.6) is 5.75 Å². The second-order valence-corrected chi connectivity index (χ2v) is 5.66. The number of aryl methyl sites for hydroxylation is 1. The van der Waals surface area contributed by atoms with Crippen molar-refractivity contribution in [3.8, 4) is 5.75 Å². The largest absolute Gasteiger partial charge is 0.482 e. The summed E-state index contributed by atoms with van der Waals surface area (Å²) in [6, 6.07) is 8.83. The Bertz CT molecular complexity index is 776. The van der Waals surface area contributed by atoms with E-state index in [1.807, 2.05) is 37.3 Å². The van der Waals surface area contributed by atoms with Crippen molar-refractivity contribution in [3.63, 3.8) is 0 Å². The van der Waals surface area contributed by atoms with Crippen LogP contribution in [0.25, 0.3) is 0 Å². The van der Waals surface area contributed by atoms with Crippen LogP contribution < -0.4 is 15.0 Å². The van der Waals surface area contributed by atoms with Crippen LogP contribution in [0.2, 0.25) is 0 Å². The Morgan fingerprint density at radius 1 is 1.33 bits per heavy atom. The van der Waals surface area contributed by atoms with Crippen molar-refractivity contribution >= 4 is 17.5 Å². The van der Waals surface area contributed by atoms with E-state index in [4.69, 9.17) is 4.74 Å². The summed E-state index contributed by atoms with van der Waals surface area (Å²) in [5, 5.41) is 2.63. The third kappa shape index (κ3) is 2.95. The molecule has 1 aromatic heterocycles. The molecule has 3 rings (SSSR count). The number of anilines is 1. The van der Waals surface area contributed by atoms with Gasteiger partial charge in [0.25, 0.3) is 5.91 Å². The van der Waals surface area contributed by atoms with Crippen LogP contribution in [0.15, 0.2) is 42.7 Å². The standard InChI is InChI=1S/C18H19N3O3/c1-12-7-8-20-10-16(12)24-11-17(22)21-14-6-4-3-5-13(14)9-15(21)18(23)19-2/h3-8,10,15H,9,11H2,1-2H3,(H,19,23)/t15-/m1/s1. The second-order valence-electron chi connectivity index (χ2n) is 5.66. The quantitative estimate of drug-likeness (QED) is 0.924. The fourth-order valence-electron chi connectivity index (χ4n) is 2.88. The van der Waals surface area contributed by atoms with Crippen molar-refractivity contribution < 1.29 is 14.3 Å². The Morgan fingerprint density at radius 3 is 2.88 bits per heavy atom. The number of aromatic nitrogens is 1. The molecule has 124 valence electrons. The SMILES string of the molecule is CNC(=O)[C@H]1Cc2ccccc2N1C(=O)COc1cnccc1C. The molecule has 0 spiro atoms. The van der Waals surface area contributed by atoms with Gasteiger partial charge in [-0.1, -0.05) is 18.2 Å². The van der Waals surface area contributed by atoms with Crippen molar-refractivity contribution in [3.05, 3.63) is 53.9 Å². The third-order valence-corrected chi connectivity index (χ3v) is 4.14. The minimum atomic E-state index is -0.543. The van der Waals surface area contributed by atoms with E-state index in [0.29, 0.717) is 12.2 Å². The molecule has 1 aliphatic heterocycles. The summed E-state index contributed by atoms with van der Waals surface area (Å²) in [5.74, 6) is 0.128. The van der Waals surface area contributed by atoms with E-state index >= 15 is 0 Å². The highest BCUT2D eigenvalue weighted by molar-refractivity contribution is 6.04. The predicted octanol–water partition coefficient (Wildman–Crippen LogP) is 1.47. The van der Waals surface area contributed by atoms with E-state index in [9.17, 15) is 9.59 Å². The van der Waals surface area contributed by atoms with E-state index in [2.05, 4.69) is 10.3 Å². The molecule has 0 aliphatic carbocycles. The van der Waals surface area contributed by atoms with Gasteiger partial charge in [0.2, 0.25) is 5.91 Å². The second kappa shape index (κ2) is 6.70. The summed E-state index contributed by atoms with van der Waals surface area (Å²) in [6.45, 7) is 1.74. The summed E-state index contributed by atoms with van der Waals surface area (Å²) >= 11 is 0. The van der Waals surface area contributed by atoms with Gasteiger partial charge in [-0.15, -0.1) is 0 Å². The number of carbonyl (C=O) groups is 2. The Balaban J connectivity index is 1.80. The number of likely N-dealkylation sites (N-methyl/N-ethyl adjacent to an activating group) is 1. The van der Waals surface area contributed by atoms with E-state index in [-0.39, 0.29) is 18.4 Å². The molecular weight excluding hydrogens is 306 g/mol. The molecule has 2 amide bonds. The topological polar surface area (TPSA) is 71.5 Å². The summed E-state index contributed by atoms with van der Waals surface area (Å²) in [5.41, 5.74) is 2.65. The first-order chi connectivity index (χ1) is 11.6.